The van der Waals surface area contributed by atoms with E-state index in [0.717, 1.165) is 12.2 Å². The third kappa shape index (κ3) is 1.45. The molecule has 0 spiro atoms. The first-order valence-corrected chi connectivity index (χ1v) is 3.49. The monoisotopic (exact) mass is 126 g/mol. The van der Waals surface area contributed by atoms with Crippen LogP contribution in [-0.4, -0.2) is 12.6 Å². The van der Waals surface area contributed by atoms with Crippen molar-refractivity contribution in [2.45, 2.75) is 25.8 Å². The second-order valence-electron chi connectivity index (χ2n) is 2.44. The first-order chi connectivity index (χ1) is 4.34. The minimum absolute atomic E-state index is 0.468. The molecule has 52 valence electrons. The van der Waals surface area contributed by atoms with Gasteiger partial charge in [-0.2, -0.15) is 0 Å². The van der Waals surface area contributed by atoms with E-state index in [9.17, 15) is 0 Å². The summed E-state index contributed by atoms with van der Waals surface area (Å²) in [6.45, 7) is 3.11. The smallest absolute Gasteiger partial charge is 0.0464 e. The number of allylic oxidation sites excluding steroid dienone is 1. The third-order valence-corrected chi connectivity index (χ3v) is 1.80. The quantitative estimate of drug-likeness (QED) is 0.540. The van der Waals surface area contributed by atoms with E-state index in [1.54, 1.807) is 0 Å². The molecule has 0 aliphatic carbocycles. The van der Waals surface area contributed by atoms with Crippen LogP contribution in [0.1, 0.15) is 19.8 Å². The molecule has 0 radical (unpaired) electrons. The second kappa shape index (κ2) is 2.87. The summed E-state index contributed by atoms with van der Waals surface area (Å²) in [5, 5.41) is 3.31. The van der Waals surface area contributed by atoms with E-state index < -0.39 is 0 Å². The number of hydrogen-bond acceptors (Lipinski definition) is 2. The highest BCUT2D eigenvalue weighted by molar-refractivity contribution is 5.06. The van der Waals surface area contributed by atoms with Crippen molar-refractivity contribution in [3.05, 3.63) is 11.8 Å². The second-order valence-corrected chi connectivity index (χ2v) is 2.44. The van der Waals surface area contributed by atoms with Crippen LogP contribution < -0.4 is 11.1 Å². The lowest BCUT2D eigenvalue weighted by molar-refractivity contribution is 0.681. The van der Waals surface area contributed by atoms with Gasteiger partial charge in [-0.25, -0.2) is 0 Å². The normalized spacial score (nSPS) is 29.0. The molecule has 1 heterocycles. The largest absolute Gasteiger partial charge is 0.401 e. The Morgan fingerprint density at radius 3 is 3.00 bits per heavy atom. The van der Waals surface area contributed by atoms with Crippen LogP contribution in [0, 0.1) is 0 Å². The predicted octanol–water partition coefficient (Wildman–Crippen LogP) is 0.601. The van der Waals surface area contributed by atoms with Crippen molar-refractivity contribution >= 4 is 0 Å². The summed E-state index contributed by atoms with van der Waals surface area (Å²) in [4.78, 5) is 0. The van der Waals surface area contributed by atoms with Crippen molar-refractivity contribution in [1.82, 2.24) is 5.32 Å². The maximum atomic E-state index is 5.68. The van der Waals surface area contributed by atoms with Crippen molar-refractivity contribution in [2.75, 3.05) is 6.54 Å². The van der Waals surface area contributed by atoms with Gasteiger partial charge >= 0.3 is 0 Å². The van der Waals surface area contributed by atoms with Gasteiger partial charge in [0.05, 0.1) is 0 Å². The summed E-state index contributed by atoms with van der Waals surface area (Å²) in [6.07, 6.45) is 4.44. The molecule has 2 nitrogen and oxygen atoms in total. The molecule has 0 amide bonds. The van der Waals surface area contributed by atoms with Gasteiger partial charge in [-0.1, -0.05) is 6.08 Å². The zero-order valence-electron chi connectivity index (χ0n) is 5.85. The van der Waals surface area contributed by atoms with Crippen molar-refractivity contribution in [3.8, 4) is 0 Å². The summed E-state index contributed by atoms with van der Waals surface area (Å²) in [7, 11) is 0. The van der Waals surface area contributed by atoms with Crippen molar-refractivity contribution in [3.63, 3.8) is 0 Å². The van der Waals surface area contributed by atoms with E-state index >= 15 is 0 Å². The van der Waals surface area contributed by atoms with E-state index in [2.05, 4.69) is 5.32 Å². The average molecular weight is 126 g/mol. The van der Waals surface area contributed by atoms with Gasteiger partial charge in [0.15, 0.2) is 0 Å². The molecular weight excluding hydrogens is 112 g/mol. The van der Waals surface area contributed by atoms with E-state index in [-0.39, 0.29) is 0 Å². The molecule has 0 bridgehead atoms. The minimum Gasteiger partial charge on any atom is -0.401 e. The minimum atomic E-state index is 0.468. The molecule has 1 fully saturated rings. The number of nitrogens with one attached hydrogen (secondary N) is 1. The van der Waals surface area contributed by atoms with Gasteiger partial charge in [-0.15, -0.1) is 0 Å². The highest BCUT2D eigenvalue weighted by atomic mass is 15.0. The first kappa shape index (κ1) is 6.62. The number of hydrogen-bond donors (Lipinski definition) is 2. The fourth-order valence-corrected chi connectivity index (χ4v) is 1.17. The van der Waals surface area contributed by atoms with Crippen LogP contribution >= 0.6 is 0 Å². The Morgan fingerprint density at radius 2 is 2.56 bits per heavy atom. The van der Waals surface area contributed by atoms with Gasteiger partial charge in [0.25, 0.3) is 0 Å². The Bertz CT molecular complexity index is 112. The molecule has 2 heteroatoms. The SMILES string of the molecule is C/C=C(\N)C1CCCN1. The van der Waals surface area contributed by atoms with Gasteiger partial charge in [-0.3, -0.25) is 0 Å². The molecule has 1 saturated heterocycles. The Hall–Kier alpha value is -0.500. The Labute approximate surface area is 56.1 Å². The molecule has 1 aliphatic rings. The van der Waals surface area contributed by atoms with Crippen LogP contribution in [0.15, 0.2) is 11.8 Å². The number of nitrogens with two attached hydrogens (primary N) is 1. The van der Waals surface area contributed by atoms with E-state index in [4.69, 9.17) is 5.73 Å². The van der Waals surface area contributed by atoms with Crippen LogP contribution in [0.5, 0.6) is 0 Å². The van der Waals surface area contributed by atoms with Crippen LogP contribution in [0.4, 0.5) is 0 Å². The Balaban J connectivity index is 2.42. The molecule has 9 heavy (non-hydrogen) atoms. The van der Waals surface area contributed by atoms with Crippen molar-refractivity contribution in [2.24, 2.45) is 5.73 Å². The molecule has 0 aromatic rings. The third-order valence-electron chi connectivity index (χ3n) is 1.80. The molecule has 0 aromatic carbocycles. The van der Waals surface area contributed by atoms with E-state index in [1.807, 2.05) is 13.0 Å². The van der Waals surface area contributed by atoms with Crippen molar-refractivity contribution in [1.29, 1.82) is 0 Å². The summed E-state index contributed by atoms with van der Waals surface area (Å²) >= 11 is 0. The topological polar surface area (TPSA) is 38.0 Å². The summed E-state index contributed by atoms with van der Waals surface area (Å²) in [5.74, 6) is 0. The van der Waals surface area contributed by atoms with Crippen LogP contribution in [0.3, 0.4) is 0 Å². The van der Waals surface area contributed by atoms with Crippen molar-refractivity contribution < 1.29 is 0 Å². The van der Waals surface area contributed by atoms with E-state index in [1.165, 1.54) is 12.8 Å². The number of rotatable bonds is 1. The molecular formula is C7H14N2. The highest BCUT2D eigenvalue weighted by Crippen LogP contribution is 2.09. The maximum Gasteiger partial charge on any atom is 0.0464 e. The Morgan fingerprint density at radius 1 is 1.78 bits per heavy atom. The lowest BCUT2D eigenvalue weighted by Crippen LogP contribution is -2.27. The fourth-order valence-electron chi connectivity index (χ4n) is 1.17. The summed E-state index contributed by atoms with van der Waals surface area (Å²) in [5.41, 5.74) is 6.67. The van der Waals surface area contributed by atoms with Gasteiger partial charge in [0, 0.05) is 11.7 Å². The zero-order chi connectivity index (χ0) is 6.69. The first-order valence-electron chi connectivity index (χ1n) is 3.49. The van der Waals surface area contributed by atoms with Crippen LogP contribution in [-0.2, 0) is 0 Å². The molecule has 0 aromatic heterocycles. The van der Waals surface area contributed by atoms with Gasteiger partial charge in [0.1, 0.15) is 0 Å². The Kier molecular flexibility index (Phi) is 2.11. The summed E-state index contributed by atoms with van der Waals surface area (Å²) in [6, 6.07) is 0.468. The van der Waals surface area contributed by atoms with Gasteiger partial charge in [0.2, 0.25) is 0 Å². The lowest BCUT2D eigenvalue weighted by Gasteiger charge is -2.08. The average Bonchev–Trinajstić information content (AvgIpc) is 2.37. The molecule has 1 aliphatic heterocycles. The molecule has 1 unspecified atom stereocenters. The highest BCUT2D eigenvalue weighted by Gasteiger charge is 2.14. The maximum absolute atomic E-state index is 5.68. The van der Waals surface area contributed by atoms with Crippen LogP contribution in [0.25, 0.3) is 0 Å². The lowest BCUT2D eigenvalue weighted by atomic mass is 10.2. The molecule has 1 rings (SSSR count). The van der Waals surface area contributed by atoms with E-state index in [0.29, 0.717) is 6.04 Å². The molecule has 1 atom stereocenters. The van der Waals surface area contributed by atoms with Gasteiger partial charge < -0.3 is 11.1 Å². The standard InChI is InChI=1S/C7H14N2/c1-2-6(8)7-4-3-5-9-7/h2,7,9H,3-5,8H2,1H3/b6-2-. The zero-order valence-corrected chi connectivity index (χ0v) is 5.85. The molecule has 0 saturated carbocycles. The summed E-state index contributed by atoms with van der Waals surface area (Å²) < 4.78 is 0. The molecule has 3 N–H and O–H groups in total. The predicted molar refractivity (Wildman–Crippen MR) is 39.0 cm³/mol. The fraction of sp³-hybridized carbons (Fsp3) is 0.714. The van der Waals surface area contributed by atoms with Gasteiger partial charge in [-0.05, 0) is 26.3 Å². The van der Waals surface area contributed by atoms with Crippen LogP contribution in [0.2, 0.25) is 0 Å².